The third-order valence-electron chi connectivity index (χ3n) is 7.28. The lowest BCUT2D eigenvalue weighted by Gasteiger charge is -2.20. The van der Waals surface area contributed by atoms with Crippen molar-refractivity contribution < 1.29 is 29.0 Å². The van der Waals surface area contributed by atoms with Gasteiger partial charge in [-0.3, -0.25) is 9.59 Å². The molecule has 2 aromatic carbocycles. The number of ether oxygens (including phenoxy) is 2. The summed E-state index contributed by atoms with van der Waals surface area (Å²) in [6.07, 6.45) is 0.0307. The highest BCUT2D eigenvalue weighted by molar-refractivity contribution is 5.86. The van der Waals surface area contributed by atoms with Crippen LogP contribution < -0.4 is 10.6 Å². The van der Waals surface area contributed by atoms with Crippen molar-refractivity contribution in [2.75, 3.05) is 26.4 Å². The van der Waals surface area contributed by atoms with Gasteiger partial charge in [0.25, 0.3) is 0 Å². The largest absolute Gasteiger partial charge is 0.481 e. The molecular formula is C26H28N2O6. The first-order chi connectivity index (χ1) is 16.5. The molecule has 2 amide bonds. The highest BCUT2D eigenvalue weighted by Crippen LogP contribution is 2.56. The predicted octanol–water partition coefficient (Wildman–Crippen LogP) is 2.91. The predicted molar refractivity (Wildman–Crippen MR) is 123 cm³/mol. The lowest BCUT2D eigenvalue weighted by molar-refractivity contribution is -0.137. The Kier molecular flexibility index (Phi) is 6.00. The van der Waals surface area contributed by atoms with Gasteiger partial charge in [-0.25, -0.2) is 4.79 Å². The Bertz CT molecular complexity index is 1070. The Labute approximate surface area is 197 Å². The van der Waals surface area contributed by atoms with Crippen molar-refractivity contribution in [1.82, 2.24) is 10.6 Å². The number of hydrogen-bond donors (Lipinski definition) is 3. The van der Waals surface area contributed by atoms with E-state index in [1.54, 1.807) is 0 Å². The monoisotopic (exact) mass is 464 g/mol. The van der Waals surface area contributed by atoms with Gasteiger partial charge in [-0.1, -0.05) is 48.5 Å². The van der Waals surface area contributed by atoms with Gasteiger partial charge in [0.2, 0.25) is 5.91 Å². The van der Waals surface area contributed by atoms with Crippen LogP contribution in [0.15, 0.2) is 48.5 Å². The topological polar surface area (TPSA) is 114 Å². The molecule has 3 unspecified atom stereocenters. The van der Waals surface area contributed by atoms with Gasteiger partial charge in [0, 0.05) is 24.3 Å². The summed E-state index contributed by atoms with van der Waals surface area (Å²) in [7, 11) is 0. The molecule has 3 atom stereocenters. The summed E-state index contributed by atoms with van der Waals surface area (Å²) in [6.45, 7) is 1.93. The van der Waals surface area contributed by atoms with Gasteiger partial charge in [0.05, 0.1) is 13.2 Å². The van der Waals surface area contributed by atoms with Crippen LogP contribution in [0.25, 0.3) is 11.1 Å². The van der Waals surface area contributed by atoms with Gasteiger partial charge in [0.1, 0.15) is 12.6 Å². The van der Waals surface area contributed by atoms with Crippen molar-refractivity contribution in [3.63, 3.8) is 0 Å². The molecular weight excluding hydrogens is 436 g/mol. The van der Waals surface area contributed by atoms with Crippen LogP contribution in [0.3, 0.4) is 0 Å². The van der Waals surface area contributed by atoms with Crippen molar-refractivity contribution in [3.05, 3.63) is 59.7 Å². The molecule has 0 aromatic heterocycles. The molecule has 1 saturated carbocycles. The Morgan fingerprint density at radius 3 is 2.35 bits per heavy atom. The second kappa shape index (κ2) is 9.10. The second-order valence-corrected chi connectivity index (χ2v) is 9.45. The fourth-order valence-corrected chi connectivity index (χ4v) is 5.22. The van der Waals surface area contributed by atoms with Crippen molar-refractivity contribution >= 4 is 18.0 Å². The van der Waals surface area contributed by atoms with Crippen molar-refractivity contribution in [2.24, 2.45) is 11.3 Å². The number of alkyl carbamates (subject to hydrolysis) is 1. The molecule has 178 valence electrons. The minimum absolute atomic E-state index is 0.00320. The summed E-state index contributed by atoms with van der Waals surface area (Å²) in [6, 6.07) is 15.1. The number of carboxylic acids is 1. The number of rotatable bonds is 9. The summed E-state index contributed by atoms with van der Waals surface area (Å²) < 4.78 is 11.0. The van der Waals surface area contributed by atoms with E-state index in [9.17, 15) is 14.4 Å². The standard InChI is InChI=1S/C26H28N2O6/c29-23(30)10-9-22(24(31)27-14-26-11-16(26)12-33-15-26)28-25(32)34-13-21-19-7-3-1-5-17(19)18-6-2-4-8-20(18)21/h1-8,16,21-22H,9-15H2,(H,27,31)(H,28,32)(H,29,30). The zero-order chi connectivity index (χ0) is 23.7. The molecule has 1 aliphatic heterocycles. The first kappa shape index (κ1) is 22.4. The summed E-state index contributed by atoms with van der Waals surface area (Å²) >= 11 is 0. The number of carbonyl (C=O) groups excluding carboxylic acids is 2. The van der Waals surface area contributed by atoms with Gasteiger partial charge in [0.15, 0.2) is 0 Å². The molecule has 3 N–H and O–H groups in total. The molecule has 34 heavy (non-hydrogen) atoms. The molecule has 0 bridgehead atoms. The fraction of sp³-hybridized carbons (Fsp3) is 0.423. The van der Waals surface area contributed by atoms with Crippen LogP contribution in [0.1, 0.15) is 36.3 Å². The number of amides is 2. The fourth-order valence-electron chi connectivity index (χ4n) is 5.22. The molecule has 8 heteroatoms. The number of carbonyl (C=O) groups is 3. The van der Waals surface area contributed by atoms with E-state index in [0.717, 1.165) is 35.3 Å². The normalized spacial score (nSPS) is 22.8. The maximum atomic E-state index is 12.8. The lowest BCUT2D eigenvalue weighted by atomic mass is 9.98. The van der Waals surface area contributed by atoms with Gasteiger partial charge >= 0.3 is 12.1 Å². The number of nitrogens with one attached hydrogen (secondary N) is 2. The van der Waals surface area contributed by atoms with Gasteiger partial charge in [-0.15, -0.1) is 0 Å². The number of fused-ring (bicyclic) bond motifs is 4. The summed E-state index contributed by atoms with van der Waals surface area (Å²) in [5, 5.41) is 14.5. The Hall–Kier alpha value is -3.39. The minimum Gasteiger partial charge on any atom is -0.481 e. The average molecular weight is 465 g/mol. The highest BCUT2D eigenvalue weighted by atomic mass is 16.5. The molecule has 2 fully saturated rings. The van der Waals surface area contributed by atoms with E-state index in [1.165, 1.54) is 0 Å². The van der Waals surface area contributed by atoms with E-state index in [-0.39, 0.29) is 30.8 Å². The van der Waals surface area contributed by atoms with Crippen LogP contribution in [0.5, 0.6) is 0 Å². The van der Waals surface area contributed by atoms with Crippen LogP contribution >= 0.6 is 0 Å². The molecule has 0 spiro atoms. The van der Waals surface area contributed by atoms with E-state index in [2.05, 4.69) is 22.8 Å². The lowest BCUT2D eigenvalue weighted by Crippen LogP contribution is -2.48. The van der Waals surface area contributed by atoms with Gasteiger partial charge < -0.3 is 25.2 Å². The number of aliphatic carboxylic acids is 1. The highest BCUT2D eigenvalue weighted by Gasteiger charge is 2.58. The molecule has 8 nitrogen and oxygen atoms in total. The second-order valence-electron chi connectivity index (χ2n) is 9.45. The van der Waals surface area contributed by atoms with Gasteiger partial charge in [-0.2, -0.15) is 0 Å². The van der Waals surface area contributed by atoms with Crippen LogP contribution in [0.4, 0.5) is 4.79 Å². The maximum Gasteiger partial charge on any atom is 0.407 e. The minimum atomic E-state index is -1.03. The molecule has 2 aromatic rings. The third-order valence-corrected chi connectivity index (χ3v) is 7.28. The van der Waals surface area contributed by atoms with E-state index in [1.807, 2.05) is 36.4 Å². The molecule has 1 saturated heterocycles. The van der Waals surface area contributed by atoms with E-state index >= 15 is 0 Å². The van der Waals surface area contributed by atoms with Crippen molar-refractivity contribution in [3.8, 4) is 11.1 Å². The zero-order valence-corrected chi connectivity index (χ0v) is 18.8. The van der Waals surface area contributed by atoms with E-state index < -0.39 is 24.0 Å². The summed E-state index contributed by atoms with van der Waals surface area (Å²) in [5.74, 6) is -1.06. The molecule has 2 aliphatic carbocycles. The SMILES string of the molecule is O=C(O)CCC(NC(=O)OCC1c2ccccc2-c2ccccc21)C(=O)NCC12COCC1C2. The molecule has 0 radical (unpaired) electrons. The van der Waals surface area contributed by atoms with E-state index in [4.69, 9.17) is 14.6 Å². The van der Waals surface area contributed by atoms with Crippen LogP contribution in [0, 0.1) is 11.3 Å². The Morgan fingerprint density at radius 2 is 1.76 bits per heavy atom. The van der Waals surface area contributed by atoms with Gasteiger partial charge in [-0.05, 0) is 41.0 Å². The number of benzene rings is 2. The first-order valence-electron chi connectivity index (χ1n) is 11.7. The number of hydrogen-bond acceptors (Lipinski definition) is 5. The smallest absolute Gasteiger partial charge is 0.407 e. The maximum absolute atomic E-state index is 12.8. The summed E-state index contributed by atoms with van der Waals surface area (Å²) in [4.78, 5) is 36.5. The average Bonchev–Trinajstić information content (AvgIpc) is 3.22. The quantitative estimate of drug-likeness (QED) is 0.526. The molecule has 1 heterocycles. The number of carboxylic acid groups (broad SMARTS) is 1. The Morgan fingerprint density at radius 1 is 1.09 bits per heavy atom. The van der Waals surface area contributed by atoms with Crippen LogP contribution in [-0.2, 0) is 19.1 Å². The molecule has 5 rings (SSSR count). The van der Waals surface area contributed by atoms with Crippen molar-refractivity contribution in [1.29, 1.82) is 0 Å². The first-order valence-corrected chi connectivity index (χ1v) is 11.7. The molecule has 3 aliphatic rings. The van der Waals surface area contributed by atoms with Crippen molar-refractivity contribution in [2.45, 2.75) is 31.2 Å². The van der Waals surface area contributed by atoms with Crippen LogP contribution in [-0.4, -0.2) is 55.5 Å². The third kappa shape index (κ3) is 4.37. The Balaban J connectivity index is 1.20. The van der Waals surface area contributed by atoms with Crippen LogP contribution in [0.2, 0.25) is 0 Å². The summed E-state index contributed by atoms with van der Waals surface area (Å²) in [5.41, 5.74) is 4.43. The van der Waals surface area contributed by atoms with E-state index in [0.29, 0.717) is 19.1 Å². The zero-order valence-electron chi connectivity index (χ0n) is 18.8.